The van der Waals surface area contributed by atoms with Gasteiger partial charge in [0.2, 0.25) is 0 Å². The van der Waals surface area contributed by atoms with Crippen LogP contribution in [0.15, 0.2) is 4.47 Å². The number of nitrogens with zero attached hydrogens (tertiary/aromatic N) is 4. The first-order valence-electron chi connectivity index (χ1n) is 4.33. The van der Waals surface area contributed by atoms with Gasteiger partial charge in [-0.1, -0.05) is 0 Å². The Labute approximate surface area is 100 Å². The van der Waals surface area contributed by atoms with Gasteiger partial charge in [-0.2, -0.15) is 10.2 Å². The summed E-state index contributed by atoms with van der Waals surface area (Å²) in [4.78, 5) is 0. The van der Waals surface area contributed by atoms with Crippen LogP contribution in [0.2, 0.25) is 0 Å². The fourth-order valence-corrected chi connectivity index (χ4v) is 2.08. The number of hydrogen-bond donors (Lipinski definition) is 1. The maximum atomic E-state index is 5.07. The normalized spacial score (nSPS) is 10.9. The summed E-state index contributed by atoms with van der Waals surface area (Å²) < 4.78 is 5.14. The van der Waals surface area contributed by atoms with Gasteiger partial charge in [-0.05, 0) is 35.1 Å². The predicted molar refractivity (Wildman–Crippen MR) is 63.0 cm³/mol. The lowest BCUT2D eigenvalue weighted by Crippen LogP contribution is -2.00. The van der Waals surface area contributed by atoms with E-state index in [1.54, 1.807) is 4.68 Å². The van der Waals surface area contributed by atoms with E-state index in [-0.39, 0.29) is 0 Å². The zero-order valence-corrected chi connectivity index (χ0v) is 11.0. The Kier molecular flexibility index (Phi) is 2.51. The summed E-state index contributed by atoms with van der Waals surface area (Å²) in [6.45, 7) is 1.94. The van der Waals surface area contributed by atoms with Gasteiger partial charge in [0, 0.05) is 14.1 Å². The van der Waals surface area contributed by atoms with Gasteiger partial charge in [-0.25, -0.2) is 0 Å². The molecule has 2 aromatic rings. The Morgan fingerprint density at radius 2 is 2.07 bits per heavy atom. The molecule has 0 spiro atoms. The highest BCUT2D eigenvalue weighted by molar-refractivity contribution is 9.10. The molecule has 0 bridgehead atoms. The second-order valence-corrected chi connectivity index (χ2v) is 4.46. The lowest BCUT2D eigenvalue weighted by molar-refractivity contribution is 0.751. The maximum absolute atomic E-state index is 5.07. The summed E-state index contributed by atoms with van der Waals surface area (Å²) in [6.07, 6.45) is 0. The first-order chi connectivity index (χ1) is 7.02. The SMILES string of the molecule is Cc1nn(C)c(-c2n[nH]c(=S)n2C)c1Br. The molecule has 1 N–H and O–H groups in total. The van der Waals surface area contributed by atoms with Crippen molar-refractivity contribution >= 4 is 28.1 Å². The Morgan fingerprint density at radius 1 is 1.40 bits per heavy atom. The Morgan fingerprint density at radius 3 is 2.47 bits per heavy atom. The minimum Gasteiger partial charge on any atom is -0.302 e. The zero-order chi connectivity index (χ0) is 11.2. The molecule has 15 heavy (non-hydrogen) atoms. The number of halogens is 1. The molecule has 0 atom stereocenters. The van der Waals surface area contributed by atoms with Crippen molar-refractivity contribution in [3.05, 3.63) is 14.9 Å². The smallest absolute Gasteiger partial charge is 0.195 e. The van der Waals surface area contributed by atoms with Crippen molar-refractivity contribution in [3.63, 3.8) is 0 Å². The summed E-state index contributed by atoms with van der Waals surface area (Å²) in [5.41, 5.74) is 1.85. The van der Waals surface area contributed by atoms with Crippen LogP contribution in [-0.4, -0.2) is 24.5 Å². The average Bonchev–Trinajstić information content (AvgIpc) is 2.60. The van der Waals surface area contributed by atoms with Gasteiger partial charge >= 0.3 is 0 Å². The van der Waals surface area contributed by atoms with Crippen molar-refractivity contribution in [3.8, 4) is 11.5 Å². The van der Waals surface area contributed by atoms with Crippen LogP contribution in [0.25, 0.3) is 11.5 Å². The van der Waals surface area contributed by atoms with Gasteiger partial charge in [-0.3, -0.25) is 9.78 Å². The van der Waals surface area contributed by atoms with Crippen LogP contribution < -0.4 is 0 Å². The highest BCUT2D eigenvalue weighted by Crippen LogP contribution is 2.28. The molecule has 0 aliphatic heterocycles. The summed E-state index contributed by atoms with van der Waals surface area (Å²) in [5.74, 6) is 0.773. The molecule has 2 heterocycles. The van der Waals surface area contributed by atoms with E-state index in [0.717, 1.165) is 21.7 Å². The van der Waals surface area contributed by atoms with E-state index in [4.69, 9.17) is 12.2 Å². The van der Waals surface area contributed by atoms with E-state index in [2.05, 4.69) is 31.2 Å². The minimum atomic E-state index is 0.593. The molecule has 7 heteroatoms. The monoisotopic (exact) mass is 287 g/mol. The van der Waals surface area contributed by atoms with Crippen molar-refractivity contribution in [2.24, 2.45) is 14.1 Å². The van der Waals surface area contributed by atoms with E-state index in [9.17, 15) is 0 Å². The quantitative estimate of drug-likeness (QED) is 0.816. The van der Waals surface area contributed by atoms with E-state index in [0.29, 0.717) is 4.77 Å². The molecule has 0 saturated carbocycles. The van der Waals surface area contributed by atoms with Crippen molar-refractivity contribution in [2.75, 3.05) is 0 Å². The number of hydrogen-bond acceptors (Lipinski definition) is 3. The molecule has 80 valence electrons. The molecule has 0 saturated heterocycles. The van der Waals surface area contributed by atoms with Crippen molar-refractivity contribution in [2.45, 2.75) is 6.92 Å². The third-order valence-electron chi connectivity index (χ3n) is 2.24. The van der Waals surface area contributed by atoms with E-state index >= 15 is 0 Å². The number of aromatic nitrogens is 5. The van der Waals surface area contributed by atoms with Crippen LogP contribution in [0, 0.1) is 11.7 Å². The third-order valence-corrected chi connectivity index (χ3v) is 3.56. The lowest BCUT2D eigenvalue weighted by atomic mass is 10.3. The van der Waals surface area contributed by atoms with Gasteiger partial charge in [0.25, 0.3) is 0 Å². The van der Waals surface area contributed by atoms with Crippen molar-refractivity contribution in [1.29, 1.82) is 0 Å². The minimum absolute atomic E-state index is 0.593. The van der Waals surface area contributed by atoms with Crippen LogP contribution in [0.3, 0.4) is 0 Å². The number of nitrogens with one attached hydrogen (secondary N) is 1. The number of H-pyrrole nitrogens is 1. The van der Waals surface area contributed by atoms with Gasteiger partial charge in [-0.15, -0.1) is 0 Å². The van der Waals surface area contributed by atoms with Crippen molar-refractivity contribution in [1.82, 2.24) is 24.5 Å². The van der Waals surface area contributed by atoms with E-state index < -0.39 is 0 Å². The molecule has 2 aromatic heterocycles. The second-order valence-electron chi connectivity index (χ2n) is 3.28. The van der Waals surface area contributed by atoms with Gasteiger partial charge in [0.15, 0.2) is 10.6 Å². The molecular formula is C8H10BrN5S. The lowest BCUT2D eigenvalue weighted by Gasteiger charge is -2.01. The molecule has 0 radical (unpaired) electrons. The third kappa shape index (κ3) is 1.55. The molecule has 0 aliphatic carbocycles. The van der Waals surface area contributed by atoms with Crippen LogP contribution in [0.5, 0.6) is 0 Å². The summed E-state index contributed by atoms with van der Waals surface area (Å²) in [5, 5.41) is 11.2. The van der Waals surface area contributed by atoms with E-state index in [1.165, 1.54) is 0 Å². The molecule has 0 amide bonds. The first-order valence-corrected chi connectivity index (χ1v) is 5.53. The van der Waals surface area contributed by atoms with Gasteiger partial charge in [0.1, 0.15) is 5.69 Å². The topological polar surface area (TPSA) is 51.4 Å². The molecule has 0 aliphatic rings. The predicted octanol–water partition coefficient (Wildman–Crippen LogP) is 1.95. The van der Waals surface area contributed by atoms with Crippen LogP contribution in [0.4, 0.5) is 0 Å². The molecular weight excluding hydrogens is 278 g/mol. The number of aryl methyl sites for hydroxylation is 2. The Balaban J connectivity index is 2.74. The molecule has 0 aromatic carbocycles. The molecule has 2 rings (SSSR count). The molecule has 0 unspecified atom stereocenters. The first kappa shape index (κ1) is 10.6. The Hall–Kier alpha value is -0.950. The molecule has 5 nitrogen and oxygen atoms in total. The van der Waals surface area contributed by atoms with Crippen LogP contribution in [0.1, 0.15) is 5.69 Å². The summed E-state index contributed by atoms with van der Waals surface area (Å²) >= 11 is 8.56. The molecule has 0 fully saturated rings. The highest BCUT2D eigenvalue weighted by atomic mass is 79.9. The summed E-state index contributed by atoms with van der Waals surface area (Å²) in [7, 11) is 3.75. The number of aromatic amines is 1. The van der Waals surface area contributed by atoms with Gasteiger partial charge < -0.3 is 4.57 Å². The summed E-state index contributed by atoms with van der Waals surface area (Å²) in [6, 6.07) is 0. The highest BCUT2D eigenvalue weighted by Gasteiger charge is 2.16. The van der Waals surface area contributed by atoms with E-state index in [1.807, 2.05) is 25.6 Å². The zero-order valence-electron chi connectivity index (χ0n) is 8.58. The van der Waals surface area contributed by atoms with Crippen LogP contribution in [-0.2, 0) is 14.1 Å². The fraction of sp³-hybridized carbons (Fsp3) is 0.375. The number of rotatable bonds is 1. The maximum Gasteiger partial charge on any atom is 0.195 e. The standard InChI is InChI=1S/C8H10BrN5S/c1-4-5(9)6(14(3)12-4)7-10-11-8(15)13(7)2/h1-3H3,(H,11,15). The average molecular weight is 288 g/mol. The van der Waals surface area contributed by atoms with Crippen LogP contribution >= 0.6 is 28.1 Å². The van der Waals surface area contributed by atoms with Crippen molar-refractivity contribution < 1.29 is 0 Å². The largest absolute Gasteiger partial charge is 0.302 e. The van der Waals surface area contributed by atoms with Gasteiger partial charge in [0.05, 0.1) is 10.2 Å². The second kappa shape index (κ2) is 3.57. The fourth-order valence-electron chi connectivity index (χ4n) is 1.43. The Bertz CT molecular complexity index is 564.